The zero-order valence-electron chi connectivity index (χ0n) is 6.54. The van der Waals surface area contributed by atoms with Crippen LogP contribution < -0.4 is 0 Å². The van der Waals surface area contributed by atoms with Gasteiger partial charge in [-0.15, -0.1) is 16.4 Å². The minimum atomic E-state index is 0.580. The zero-order valence-corrected chi connectivity index (χ0v) is 9.69. The third kappa shape index (κ3) is 1.59. The molecule has 0 atom stereocenters. The number of aryl methyl sites for hydroxylation is 1. The Morgan fingerprint density at radius 2 is 2.08 bits per heavy atom. The molecule has 0 amide bonds. The molecule has 0 N–H and O–H groups in total. The van der Waals surface area contributed by atoms with E-state index in [0.717, 1.165) is 15.4 Å². The standard InChI is InChI=1S/C7H4Cl2N2S2/c1-3-5(8)6(9)7(13-3)4-2-12-11-10-4/h2H,1H3. The molecule has 0 aliphatic heterocycles. The van der Waals surface area contributed by atoms with Crippen molar-refractivity contribution < 1.29 is 0 Å². The summed E-state index contributed by atoms with van der Waals surface area (Å²) in [6.07, 6.45) is 0. The van der Waals surface area contributed by atoms with Crippen LogP contribution in [0.2, 0.25) is 10.0 Å². The lowest BCUT2D eigenvalue weighted by molar-refractivity contribution is 1.17. The van der Waals surface area contributed by atoms with E-state index in [2.05, 4.69) is 9.59 Å². The van der Waals surface area contributed by atoms with Gasteiger partial charge < -0.3 is 0 Å². The second-order valence-electron chi connectivity index (χ2n) is 2.41. The first-order valence-electron chi connectivity index (χ1n) is 3.42. The second kappa shape index (κ2) is 3.53. The summed E-state index contributed by atoms with van der Waals surface area (Å²) in [6.45, 7) is 1.93. The number of rotatable bonds is 1. The van der Waals surface area contributed by atoms with Crippen molar-refractivity contribution in [3.63, 3.8) is 0 Å². The van der Waals surface area contributed by atoms with Crippen molar-refractivity contribution in [2.24, 2.45) is 0 Å². The lowest BCUT2D eigenvalue weighted by Gasteiger charge is -1.88. The largest absolute Gasteiger partial charge is 0.137 e. The fourth-order valence-electron chi connectivity index (χ4n) is 0.925. The quantitative estimate of drug-likeness (QED) is 0.768. The molecule has 2 rings (SSSR count). The topological polar surface area (TPSA) is 25.8 Å². The fourth-order valence-corrected chi connectivity index (χ4v) is 3.02. The molecule has 2 aromatic heterocycles. The summed E-state index contributed by atoms with van der Waals surface area (Å²) in [5, 5.41) is 6.99. The molecule has 0 aliphatic rings. The molecule has 68 valence electrons. The zero-order chi connectivity index (χ0) is 9.42. The van der Waals surface area contributed by atoms with Crippen LogP contribution in [0, 0.1) is 6.92 Å². The van der Waals surface area contributed by atoms with Gasteiger partial charge in [-0.1, -0.05) is 27.7 Å². The molecule has 0 radical (unpaired) electrons. The molecule has 2 aromatic rings. The molecule has 0 saturated carbocycles. The summed E-state index contributed by atoms with van der Waals surface area (Å²) in [4.78, 5) is 1.91. The Bertz CT molecular complexity index is 422. The first kappa shape index (κ1) is 9.40. The maximum atomic E-state index is 6.02. The highest BCUT2D eigenvalue weighted by atomic mass is 35.5. The Morgan fingerprint density at radius 1 is 1.31 bits per heavy atom. The first-order chi connectivity index (χ1) is 6.20. The summed E-state index contributed by atoms with van der Waals surface area (Å²) < 4.78 is 3.78. The Hall–Kier alpha value is -0.160. The van der Waals surface area contributed by atoms with Gasteiger partial charge in [-0.25, -0.2) is 0 Å². The highest BCUT2D eigenvalue weighted by Gasteiger charge is 2.15. The van der Waals surface area contributed by atoms with E-state index in [9.17, 15) is 0 Å². The summed E-state index contributed by atoms with van der Waals surface area (Å²) in [5.41, 5.74) is 0.801. The fraction of sp³-hybridized carbons (Fsp3) is 0.143. The molecule has 0 aromatic carbocycles. The number of aromatic nitrogens is 2. The summed E-state index contributed by atoms with van der Waals surface area (Å²) in [6, 6.07) is 0. The van der Waals surface area contributed by atoms with Crippen LogP contribution in [0.25, 0.3) is 10.6 Å². The van der Waals surface area contributed by atoms with Crippen LogP contribution in [0.1, 0.15) is 4.88 Å². The molecule has 0 unspecified atom stereocenters. The van der Waals surface area contributed by atoms with Gasteiger partial charge in [0.1, 0.15) is 5.69 Å². The Kier molecular flexibility index (Phi) is 2.55. The van der Waals surface area contributed by atoms with Crippen molar-refractivity contribution in [3.8, 4) is 10.6 Å². The van der Waals surface area contributed by atoms with E-state index < -0.39 is 0 Å². The maximum absolute atomic E-state index is 6.02. The van der Waals surface area contributed by atoms with E-state index in [1.165, 1.54) is 22.9 Å². The van der Waals surface area contributed by atoms with Crippen LogP contribution in [0.5, 0.6) is 0 Å². The average molecular weight is 251 g/mol. The normalized spacial score (nSPS) is 10.7. The molecule has 2 nitrogen and oxygen atoms in total. The molecule has 0 saturated heterocycles. The highest BCUT2D eigenvalue weighted by Crippen LogP contribution is 2.42. The van der Waals surface area contributed by atoms with Gasteiger partial charge >= 0.3 is 0 Å². The second-order valence-corrected chi connectivity index (χ2v) is 5.00. The summed E-state index contributed by atoms with van der Waals surface area (Å²) in [7, 11) is 0. The number of hydrogen-bond donors (Lipinski definition) is 0. The van der Waals surface area contributed by atoms with Gasteiger partial charge in [-0.2, -0.15) is 0 Å². The third-order valence-corrected chi connectivity index (χ3v) is 4.35. The number of hydrogen-bond acceptors (Lipinski definition) is 4. The molecular weight excluding hydrogens is 247 g/mol. The molecule has 0 bridgehead atoms. The van der Waals surface area contributed by atoms with Crippen LogP contribution in [0.4, 0.5) is 0 Å². The van der Waals surface area contributed by atoms with Crippen LogP contribution in [0.15, 0.2) is 5.38 Å². The van der Waals surface area contributed by atoms with Gasteiger partial charge in [0, 0.05) is 10.3 Å². The minimum absolute atomic E-state index is 0.580. The molecule has 13 heavy (non-hydrogen) atoms. The highest BCUT2D eigenvalue weighted by molar-refractivity contribution is 7.17. The predicted molar refractivity (Wildman–Crippen MR) is 58.0 cm³/mol. The third-order valence-electron chi connectivity index (χ3n) is 1.55. The van der Waals surface area contributed by atoms with Crippen molar-refractivity contribution in [1.82, 2.24) is 9.59 Å². The van der Waals surface area contributed by atoms with E-state index in [1.54, 1.807) is 0 Å². The van der Waals surface area contributed by atoms with E-state index in [0.29, 0.717) is 10.0 Å². The number of nitrogens with zero attached hydrogens (tertiary/aromatic N) is 2. The molecule has 0 aliphatic carbocycles. The van der Waals surface area contributed by atoms with Crippen LogP contribution in [-0.2, 0) is 0 Å². The SMILES string of the molecule is Cc1sc(-c2csnn2)c(Cl)c1Cl. The van der Waals surface area contributed by atoms with Crippen molar-refractivity contribution in [2.75, 3.05) is 0 Å². The van der Waals surface area contributed by atoms with Crippen molar-refractivity contribution in [1.29, 1.82) is 0 Å². The van der Waals surface area contributed by atoms with Gasteiger partial charge in [0.25, 0.3) is 0 Å². The minimum Gasteiger partial charge on any atom is -0.137 e. The molecular formula is C7H4Cl2N2S2. The van der Waals surface area contributed by atoms with Gasteiger partial charge in [-0.05, 0) is 18.5 Å². The van der Waals surface area contributed by atoms with Crippen molar-refractivity contribution >= 4 is 46.1 Å². The van der Waals surface area contributed by atoms with Crippen molar-refractivity contribution in [3.05, 3.63) is 20.3 Å². The van der Waals surface area contributed by atoms with E-state index in [1.807, 2.05) is 12.3 Å². The number of thiophene rings is 1. The molecule has 2 heterocycles. The molecule has 6 heteroatoms. The van der Waals surface area contributed by atoms with Crippen LogP contribution in [0.3, 0.4) is 0 Å². The van der Waals surface area contributed by atoms with Gasteiger partial charge in [0.15, 0.2) is 0 Å². The smallest absolute Gasteiger partial charge is 0.117 e. The average Bonchev–Trinajstić information content (AvgIpc) is 2.70. The van der Waals surface area contributed by atoms with Gasteiger partial charge in [0.2, 0.25) is 0 Å². The summed E-state index contributed by atoms with van der Waals surface area (Å²) >= 11 is 14.8. The number of halogens is 2. The summed E-state index contributed by atoms with van der Waals surface area (Å²) in [5.74, 6) is 0. The monoisotopic (exact) mass is 250 g/mol. The van der Waals surface area contributed by atoms with Crippen LogP contribution in [-0.4, -0.2) is 9.59 Å². The van der Waals surface area contributed by atoms with Gasteiger partial charge in [-0.3, -0.25) is 0 Å². The molecule has 0 fully saturated rings. The predicted octanol–water partition coefficient (Wildman–Crippen LogP) is 3.88. The van der Waals surface area contributed by atoms with E-state index >= 15 is 0 Å². The van der Waals surface area contributed by atoms with Crippen molar-refractivity contribution in [2.45, 2.75) is 6.92 Å². The van der Waals surface area contributed by atoms with Gasteiger partial charge in [0.05, 0.1) is 14.9 Å². The lowest BCUT2D eigenvalue weighted by Crippen LogP contribution is -1.72. The molecule has 0 spiro atoms. The maximum Gasteiger partial charge on any atom is 0.117 e. The Morgan fingerprint density at radius 3 is 2.54 bits per heavy atom. The Balaban J connectivity index is 2.59. The lowest BCUT2D eigenvalue weighted by atomic mass is 10.4. The van der Waals surface area contributed by atoms with E-state index in [4.69, 9.17) is 23.2 Å². The van der Waals surface area contributed by atoms with E-state index in [-0.39, 0.29) is 0 Å². The first-order valence-corrected chi connectivity index (χ1v) is 5.83. The Labute approximate surface area is 93.3 Å². The van der Waals surface area contributed by atoms with Crippen LogP contribution >= 0.6 is 46.1 Å².